The average molecular weight is 216 g/mol. The summed E-state index contributed by atoms with van der Waals surface area (Å²) in [5.41, 5.74) is 8.11. The van der Waals surface area contributed by atoms with E-state index in [1.807, 2.05) is 12.1 Å². The van der Waals surface area contributed by atoms with E-state index in [2.05, 4.69) is 4.98 Å². The van der Waals surface area contributed by atoms with E-state index in [0.29, 0.717) is 11.4 Å². The van der Waals surface area contributed by atoms with Gasteiger partial charge in [0.05, 0.1) is 12.8 Å². The number of ether oxygens (including phenoxy) is 1. The summed E-state index contributed by atoms with van der Waals surface area (Å²) in [5, 5.41) is 0. The summed E-state index contributed by atoms with van der Waals surface area (Å²) in [5.74, 6) is 0.646. The van der Waals surface area contributed by atoms with Crippen molar-refractivity contribution in [3.8, 4) is 16.9 Å². The minimum atomic E-state index is -0.120. The first kappa shape index (κ1) is 10.3. The Labute approximate surface area is 92.7 Å². The third-order valence-electron chi connectivity index (χ3n) is 2.35. The molecule has 0 bridgehead atoms. The van der Waals surface area contributed by atoms with Crippen LogP contribution in [0.4, 0.5) is 5.69 Å². The van der Waals surface area contributed by atoms with Crippen LogP contribution in [0.3, 0.4) is 0 Å². The van der Waals surface area contributed by atoms with Crippen molar-refractivity contribution in [2.75, 3.05) is 12.8 Å². The number of anilines is 1. The number of rotatable bonds is 2. The van der Waals surface area contributed by atoms with Gasteiger partial charge in [0.2, 0.25) is 5.56 Å². The van der Waals surface area contributed by atoms with Crippen LogP contribution in [0.25, 0.3) is 11.1 Å². The zero-order valence-electron chi connectivity index (χ0n) is 8.86. The molecule has 0 amide bonds. The Kier molecular flexibility index (Phi) is 2.64. The molecule has 0 unspecified atom stereocenters. The Balaban J connectivity index is 2.45. The molecule has 1 aromatic carbocycles. The van der Waals surface area contributed by atoms with Gasteiger partial charge in [-0.1, -0.05) is 6.07 Å². The Morgan fingerprint density at radius 1 is 1.19 bits per heavy atom. The Morgan fingerprint density at radius 3 is 2.50 bits per heavy atom. The van der Waals surface area contributed by atoms with Gasteiger partial charge in [0, 0.05) is 12.3 Å². The van der Waals surface area contributed by atoms with Gasteiger partial charge in [-0.15, -0.1) is 0 Å². The molecule has 0 aliphatic rings. The van der Waals surface area contributed by atoms with E-state index in [1.165, 1.54) is 6.07 Å². The summed E-state index contributed by atoms with van der Waals surface area (Å²) in [4.78, 5) is 13.5. The molecule has 0 atom stereocenters. The number of pyridine rings is 1. The number of nitrogens with one attached hydrogen (secondary N) is 1. The molecule has 0 radical (unpaired) electrons. The van der Waals surface area contributed by atoms with E-state index in [4.69, 9.17) is 10.5 Å². The monoisotopic (exact) mass is 216 g/mol. The van der Waals surface area contributed by atoms with Crippen LogP contribution in [0.5, 0.6) is 5.75 Å². The number of H-pyrrole nitrogens is 1. The second-order valence-corrected chi connectivity index (χ2v) is 3.40. The Bertz CT molecular complexity index is 541. The molecule has 1 heterocycles. The third kappa shape index (κ3) is 1.91. The lowest BCUT2D eigenvalue weighted by atomic mass is 10.1. The van der Waals surface area contributed by atoms with Crippen molar-refractivity contribution in [3.63, 3.8) is 0 Å². The average Bonchev–Trinajstić information content (AvgIpc) is 2.30. The van der Waals surface area contributed by atoms with Crippen LogP contribution in [-0.4, -0.2) is 12.1 Å². The lowest BCUT2D eigenvalue weighted by Crippen LogP contribution is -2.01. The SMILES string of the molecule is COc1ccc(-c2ccc(=O)[nH]c2)cc1N. The quantitative estimate of drug-likeness (QED) is 0.750. The number of nitrogens with two attached hydrogens (primary N) is 1. The van der Waals surface area contributed by atoms with Gasteiger partial charge >= 0.3 is 0 Å². The van der Waals surface area contributed by atoms with E-state index in [9.17, 15) is 4.79 Å². The summed E-state index contributed by atoms with van der Waals surface area (Å²) in [6.07, 6.45) is 1.66. The van der Waals surface area contributed by atoms with Crippen LogP contribution in [0.2, 0.25) is 0 Å². The molecule has 0 fully saturated rings. The van der Waals surface area contributed by atoms with Gasteiger partial charge in [-0.3, -0.25) is 4.79 Å². The second kappa shape index (κ2) is 4.10. The fourth-order valence-corrected chi connectivity index (χ4v) is 1.50. The highest BCUT2D eigenvalue weighted by Gasteiger charge is 2.02. The fourth-order valence-electron chi connectivity index (χ4n) is 1.50. The first-order valence-electron chi connectivity index (χ1n) is 4.83. The molecule has 4 heteroatoms. The van der Waals surface area contributed by atoms with Crippen molar-refractivity contribution >= 4 is 5.69 Å². The molecule has 0 aliphatic carbocycles. The van der Waals surface area contributed by atoms with Gasteiger partial charge in [-0.05, 0) is 29.3 Å². The molecule has 16 heavy (non-hydrogen) atoms. The number of hydrogen-bond donors (Lipinski definition) is 2. The van der Waals surface area contributed by atoms with Crippen molar-refractivity contribution in [2.45, 2.75) is 0 Å². The normalized spacial score (nSPS) is 10.1. The van der Waals surface area contributed by atoms with Crippen molar-refractivity contribution < 1.29 is 4.74 Å². The number of aromatic nitrogens is 1. The predicted molar refractivity (Wildman–Crippen MR) is 63.5 cm³/mol. The molecule has 4 nitrogen and oxygen atoms in total. The van der Waals surface area contributed by atoms with Crippen LogP contribution in [0.1, 0.15) is 0 Å². The van der Waals surface area contributed by atoms with Gasteiger partial charge in [-0.25, -0.2) is 0 Å². The standard InChI is InChI=1S/C12H12N2O2/c1-16-11-4-2-8(6-10(11)13)9-3-5-12(15)14-7-9/h2-7H,13H2,1H3,(H,14,15). The minimum Gasteiger partial charge on any atom is -0.495 e. The van der Waals surface area contributed by atoms with E-state index < -0.39 is 0 Å². The number of benzene rings is 1. The second-order valence-electron chi connectivity index (χ2n) is 3.40. The summed E-state index contributed by atoms with van der Waals surface area (Å²) in [6, 6.07) is 8.74. The van der Waals surface area contributed by atoms with E-state index >= 15 is 0 Å². The molecule has 2 rings (SSSR count). The zero-order chi connectivity index (χ0) is 11.5. The van der Waals surface area contributed by atoms with Crippen LogP contribution < -0.4 is 16.0 Å². The number of aromatic amines is 1. The molecule has 0 saturated heterocycles. The Hall–Kier alpha value is -2.23. The largest absolute Gasteiger partial charge is 0.495 e. The topological polar surface area (TPSA) is 68.1 Å². The molecule has 0 aliphatic heterocycles. The number of nitrogen functional groups attached to an aromatic ring is 1. The lowest BCUT2D eigenvalue weighted by molar-refractivity contribution is 0.417. The summed E-state index contributed by atoms with van der Waals surface area (Å²) >= 11 is 0. The smallest absolute Gasteiger partial charge is 0.247 e. The summed E-state index contributed by atoms with van der Waals surface area (Å²) in [7, 11) is 1.57. The van der Waals surface area contributed by atoms with E-state index in [-0.39, 0.29) is 5.56 Å². The molecular weight excluding hydrogens is 204 g/mol. The molecular formula is C12H12N2O2. The van der Waals surface area contributed by atoms with Gasteiger partial charge in [0.25, 0.3) is 0 Å². The summed E-state index contributed by atoms with van der Waals surface area (Å²) in [6.45, 7) is 0. The maximum absolute atomic E-state index is 10.9. The zero-order valence-corrected chi connectivity index (χ0v) is 8.86. The number of hydrogen-bond acceptors (Lipinski definition) is 3. The van der Waals surface area contributed by atoms with Crippen molar-refractivity contribution in [3.05, 3.63) is 46.9 Å². The maximum atomic E-state index is 10.9. The first-order chi connectivity index (χ1) is 7.70. The minimum absolute atomic E-state index is 0.120. The third-order valence-corrected chi connectivity index (χ3v) is 2.35. The molecule has 1 aromatic heterocycles. The van der Waals surface area contributed by atoms with Gasteiger partial charge in [0.1, 0.15) is 5.75 Å². The maximum Gasteiger partial charge on any atom is 0.247 e. The molecule has 0 saturated carbocycles. The van der Waals surface area contributed by atoms with Gasteiger partial charge < -0.3 is 15.5 Å². The molecule has 82 valence electrons. The van der Waals surface area contributed by atoms with E-state index in [1.54, 1.807) is 25.4 Å². The first-order valence-corrected chi connectivity index (χ1v) is 4.83. The Morgan fingerprint density at radius 2 is 1.94 bits per heavy atom. The predicted octanol–water partition coefficient (Wildman–Crippen LogP) is 1.63. The highest BCUT2D eigenvalue weighted by atomic mass is 16.5. The number of methoxy groups -OCH3 is 1. The van der Waals surface area contributed by atoms with Gasteiger partial charge in [-0.2, -0.15) is 0 Å². The lowest BCUT2D eigenvalue weighted by Gasteiger charge is -2.06. The highest BCUT2D eigenvalue weighted by molar-refractivity contribution is 5.69. The van der Waals surface area contributed by atoms with Crippen LogP contribution in [0.15, 0.2) is 41.3 Å². The summed E-state index contributed by atoms with van der Waals surface area (Å²) < 4.78 is 5.07. The van der Waals surface area contributed by atoms with Crippen LogP contribution in [0, 0.1) is 0 Å². The van der Waals surface area contributed by atoms with E-state index in [0.717, 1.165) is 11.1 Å². The highest BCUT2D eigenvalue weighted by Crippen LogP contribution is 2.27. The molecule has 3 N–H and O–H groups in total. The van der Waals surface area contributed by atoms with Crippen molar-refractivity contribution in [1.29, 1.82) is 0 Å². The van der Waals surface area contributed by atoms with Crippen molar-refractivity contribution in [2.24, 2.45) is 0 Å². The van der Waals surface area contributed by atoms with Crippen molar-refractivity contribution in [1.82, 2.24) is 4.98 Å². The van der Waals surface area contributed by atoms with Crippen LogP contribution >= 0.6 is 0 Å². The van der Waals surface area contributed by atoms with Gasteiger partial charge in [0.15, 0.2) is 0 Å². The fraction of sp³-hybridized carbons (Fsp3) is 0.0833. The van der Waals surface area contributed by atoms with Crippen LogP contribution in [-0.2, 0) is 0 Å². The molecule has 0 spiro atoms. The molecule has 2 aromatic rings.